The number of ether oxygens (including phenoxy) is 2. The number of fused-ring (bicyclic) bond motifs is 1. The minimum Gasteiger partial charge on any atom is -0.550 e. The Morgan fingerprint density at radius 3 is 2.03 bits per heavy atom. The minimum atomic E-state index is -1.55. The van der Waals surface area contributed by atoms with Crippen molar-refractivity contribution in [3.05, 3.63) is 71.8 Å². The summed E-state index contributed by atoms with van der Waals surface area (Å²) in [5, 5.41) is 30.2. The van der Waals surface area contributed by atoms with Crippen LogP contribution in [0.5, 0.6) is 11.5 Å². The van der Waals surface area contributed by atoms with Crippen molar-refractivity contribution >= 4 is 17.9 Å². The van der Waals surface area contributed by atoms with E-state index in [9.17, 15) is 29.7 Å². The molecule has 3 rings (SSSR count). The van der Waals surface area contributed by atoms with Crippen molar-refractivity contribution in [2.24, 2.45) is 0 Å². The highest BCUT2D eigenvalue weighted by Gasteiger charge is 2.44. The average Bonchev–Trinajstić information content (AvgIpc) is 3.19. The van der Waals surface area contributed by atoms with Crippen LogP contribution in [0, 0.1) is 0 Å². The van der Waals surface area contributed by atoms with E-state index in [1.54, 1.807) is 0 Å². The van der Waals surface area contributed by atoms with Gasteiger partial charge in [-0.3, -0.25) is 0 Å². The van der Waals surface area contributed by atoms with E-state index in [2.05, 4.69) is 18.7 Å². The Kier molecular flexibility index (Phi) is 9.63. The number of nitrogens with zero attached hydrogens (tertiary/aromatic N) is 1. The van der Waals surface area contributed by atoms with Gasteiger partial charge in [-0.25, -0.2) is 0 Å². The largest absolute Gasteiger partial charge is 0.550 e. The van der Waals surface area contributed by atoms with Crippen LogP contribution in [0.4, 0.5) is 0 Å². The number of carbonyl (C=O) groups is 3. The van der Waals surface area contributed by atoms with Gasteiger partial charge in [-0.05, 0) is 43.3 Å². The number of para-hydroxylation sites is 1. The van der Waals surface area contributed by atoms with Gasteiger partial charge in [-0.15, -0.1) is 0 Å². The predicted octanol–water partition coefficient (Wildman–Crippen LogP) is -0.622. The first-order chi connectivity index (χ1) is 16.2. The van der Waals surface area contributed by atoms with Crippen molar-refractivity contribution in [1.29, 1.82) is 0 Å². The number of hydrogen-bond donors (Lipinski definition) is 0. The van der Waals surface area contributed by atoms with Crippen LogP contribution in [0.3, 0.4) is 0 Å². The molecule has 2 aromatic rings. The van der Waals surface area contributed by atoms with E-state index < -0.39 is 23.7 Å². The van der Waals surface area contributed by atoms with Crippen molar-refractivity contribution in [1.82, 2.24) is 4.90 Å². The molecule has 0 spiro atoms. The Morgan fingerprint density at radius 1 is 0.882 bits per heavy atom. The summed E-state index contributed by atoms with van der Waals surface area (Å²) < 4.78 is 12.2. The molecule has 34 heavy (non-hydrogen) atoms. The van der Waals surface area contributed by atoms with Gasteiger partial charge in [0, 0.05) is 18.1 Å². The van der Waals surface area contributed by atoms with E-state index in [1.807, 2.05) is 48.5 Å². The second-order valence-corrected chi connectivity index (χ2v) is 7.36. The zero-order valence-electron chi connectivity index (χ0n) is 19.0. The van der Waals surface area contributed by atoms with Crippen molar-refractivity contribution in [2.75, 3.05) is 19.6 Å². The standard InChI is InChI=1S/C21H25NO4.C4H4O4/c1-3-22(4-2)14-13-16-9-8-12-18-20(16)26-21(25-18,15-19(23)24)17-10-6-5-7-11-17;5-3(6)1-2-4(7)8/h5-12H,3-4,13-15H2,1-2H3,(H,23,24);1-2H,(H,5,6)(H,7,8)/p-3/b;2-1-. The first-order valence-corrected chi connectivity index (χ1v) is 10.8. The Hall–Kier alpha value is -3.85. The number of likely N-dealkylation sites (N-methyl/N-ethyl adjacent to an activating group) is 1. The second kappa shape index (κ2) is 12.4. The van der Waals surface area contributed by atoms with Crippen LogP contribution in [0.15, 0.2) is 60.7 Å². The van der Waals surface area contributed by atoms with Crippen molar-refractivity contribution < 1.29 is 39.2 Å². The Morgan fingerprint density at radius 2 is 1.50 bits per heavy atom. The monoisotopic (exact) mass is 468 g/mol. The molecule has 0 N–H and O–H groups in total. The topological polar surface area (TPSA) is 142 Å². The van der Waals surface area contributed by atoms with Gasteiger partial charge >= 0.3 is 0 Å². The van der Waals surface area contributed by atoms with Crippen LogP contribution in [0.25, 0.3) is 0 Å². The van der Waals surface area contributed by atoms with Crippen LogP contribution >= 0.6 is 0 Å². The third kappa shape index (κ3) is 7.35. The van der Waals surface area contributed by atoms with Crippen LogP contribution in [-0.4, -0.2) is 42.4 Å². The van der Waals surface area contributed by atoms with E-state index >= 15 is 0 Å². The quantitative estimate of drug-likeness (QED) is 0.417. The molecule has 0 saturated heterocycles. The van der Waals surface area contributed by atoms with Crippen molar-refractivity contribution in [2.45, 2.75) is 32.5 Å². The SMILES string of the molecule is CCN(CC)CCc1cccc2c1OC(CC(=O)[O-])(c1ccccc1)O2.O=C([O-])/C=C\C(=O)[O-]. The molecule has 1 aliphatic heterocycles. The molecule has 2 aromatic carbocycles. The highest BCUT2D eigenvalue weighted by Crippen LogP contribution is 2.47. The maximum Gasteiger partial charge on any atom is 0.283 e. The fourth-order valence-corrected chi connectivity index (χ4v) is 3.45. The summed E-state index contributed by atoms with van der Waals surface area (Å²) in [6.07, 6.45) is 1.20. The van der Waals surface area contributed by atoms with Gasteiger partial charge in [0.05, 0.1) is 18.4 Å². The van der Waals surface area contributed by atoms with Crippen LogP contribution in [0.1, 0.15) is 31.4 Å². The highest BCUT2D eigenvalue weighted by atomic mass is 16.7. The molecule has 1 atom stereocenters. The molecule has 0 radical (unpaired) electrons. The Balaban J connectivity index is 0.000000440. The highest BCUT2D eigenvalue weighted by molar-refractivity contribution is 5.87. The molecular weight excluding hydrogens is 442 g/mol. The summed E-state index contributed by atoms with van der Waals surface area (Å²) >= 11 is 0. The number of carboxylic acid groups (broad SMARTS) is 3. The zero-order valence-corrected chi connectivity index (χ0v) is 19.0. The first-order valence-electron chi connectivity index (χ1n) is 10.8. The summed E-state index contributed by atoms with van der Waals surface area (Å²) in [5.74, 6) is -4.49. The van der Waals surface area contributed by atoms with Gasteiger partial charge in [0.2, 0.25) is 0 Å². The van der Waals surface area contributed by atoms with Crippen molar-refractivity contribution in [3.8, 4) is 11.5 Å². The molecule has 0 fully saturated rings. The van der Waals surface area contributed by atoms with E-state index in [-0.39, 0.29) is 6.42 Å². The van der Waals surface area contributed by atoms with Gasteiger partial charge in [-0.2, -0.15) is 0 Å². The average molecular weight is 468 g/mol. The van der Waals surface area contributed by atoms with Gasteiger partial charge in [0.15, 0.2) is 11.5 Å². The summed E-state index contributed by atoms with van der Waals surface area (Å²) in [6.45, 7) is 7.16. The normalized spacial score (nSPS) is 16.2. The second-order valence-electron chi connectivity index (χ2n) is 7.36. The van der Waals surface area contributed by atoms with Crippen LogP contribution in [0.2, 0.25) is 0 Å². The maximum atomic E-state index is 11.4. The third-order valence-corrected chi connectivity index (χ3v) is 5.14. The lowest BCUT2D eigenvalue weighted by Crippen LogP contribution is -2.42. The van der Waals surface area contributed by atoms with Gasteiger partial charge in [-0.1, -0.05) is 56.3 Å². The predicted molar refractivity (Wildman–Crippen MR) is 116 cm³/mol. The number of rotatable bonds is 10. The van der Waals surface area contributed by atoms with E-state index in [0.717, 1.165) is 31.6 Å². The van der Waals surface area contributed by atoms with Gasteiger partial charge in [0.1, 0.15) is 0 Å². The van der Waals surface area contributed by atoms with Crippen LogP contribution < -0.4 is 24.8 Å². The Labute approximate surface area is 197 Å². The van der Waals surface area contributed by atoms with Gasteiger partial charge in [0.25, 0.3) is 5.79 Å². The lowest BCUT2D eigenvalue weighted by molar-refractivity contribution is -0.312. The maximum absolute atomic E-state index is 11.4. The van der Waals surface area contributed by atoms with Crippen LogP contribution in [-0.2, 0) is 26.6 Å². The molecule has 0 aliphatic carbocycles. The lowest BCUT2D eigenvalue weighted by Gasteiger charge is -2.28. The number of aliphatic carboxylic acids is 3. The molecule has 9 nitrogen and oxygen atoms in total. The summed E-state index contributed by atoms with van der Waals surface area (Å²) in [5.41, 5.74) is 1.68. The molecule has 9 heteroatoms. The molecular formula is C25H26NO8-3. The van der Waals surface area contributed by atoms with E-state index in [0.29, 0.717) is 29.2 Å². The molecule has 1 heterocycles. The van der Waals surface area contributed by atoms with Gasteiger partial charge < -0.3 is 44.1 Å². The third-order valence-electron chi connectivity index (χ3n) is 5.14. The number of hydrogen-bond acceptors (Lipinski definition) is 9. The minimum absolute atomic E-state index is 0.374. The van der Waals surface area contributed by atoms with Crippen molar-refractivity contribution in [3.63, 3.8) is 0 Å². The number of carbonyl (C=O) groups excluding carboxylic acids is 3. The zero-order chi connectivity index (χ0) is 25.1. The number of carboxylic acids is 3. The summed E-state index contributed by atoms with van der Waals surface area (Å²) in [6, 6.07) is 14.9. The molecule has 1 aliphatic rings. The Bertz CT molecular complexity index is 1000. The molecule has 0 bridgehead atoms. The molecule has 0 aromatic heterocycles. The molecule has 0 amide bonds. The molecule has 0 saturated carbocycles. The smallest absolute Gasteiger partial charge is 0.283 e. The first kappa shape index (κ1) is 26.4. The number of benzene rings is 2. The lowest BCUT2D eigenvalue weighted by atomic mass is 10.0. The molecule has 182 valence electrons. The van der Waals surface area contributed by atoms with E-state index in [4.69, 9.17) is 9.47 Å². The molecule has 1 unspecified atom stereocenters. The summed E-state index contributed by atoms with van der Waals surface area (Å²) in [4.78, 5) is 32.5. The summed E-state index contributed by atoms with van der Waals surface area (Å²) in [7, 11) is 0. The fourth-order valence-electron chi connectivity index (χ4n) is 3.45. The van der Waals surface area contributed by atoms with E-state index in [1.165, 1.54) is 0 Å². The fraction of sp³-hybridized carbons (Fsp3) is 0.320.